The Morgan fingerprint density at radius 2 is 2.12 bits per heavy atom. The standard InChI is InChI=1S/C12H18N2O2S/c1-7-6-17-10(13-7)9-8(2)14(11(15)16-9)12(3,4)5/h6,8-9H,1-5H3/t8-,9-/m0/s1. The van der Waals surface area contributed by atoms with Gasteiger partial charge in [0.15, 0.2) is 6.10 Å². The number of hydrogen-bond donors (Lipinski definition) is 0. The molecule has 2 atom stereocenters. The van der Waals surface area contributed by atoms with Crippen molar-refractivity contribution in [1.29, 1.82) is 0 Å². The molecule has 0 radical (unpaired) electrons. The molecule has 0 aromatic carbocycles. The van der Waals surface area contributed by atoms with E-state index in [0.717, 1.165) is 10.7 Å². The van der Waals surface area contributed by atoms with Crippen molar-refractivity contribution < 1.29 is 9.53 Å². The number of ether oxygens (including phenoxy) is 1. The van der Waals surface area contributed by atoms with Crippen LogP contribution in [0.1, 0.15) is 44.5 Å². The average molecular weight is 254 g/mol. The van der Waals surface area contributed by atoms with Gasteiger partial charge in [0.2, 0.25) is 0 Å². The molecule has 1 aliphatic heterocycles. The van der Waals surface area contributed by atoms with Gasteiger partial charge in [0, 0.05) is 16.6 Å². The van der Waals surface area contributed by atoms with E-state index in [1.165, 1.54) is 0 Å². The van der Waals surface area contributed by atoms with Crippen molar-refractivity contribution in [2.24, 2.45) is 0 Å². The van der Waals surface area contributed by atoms with E-state index in [4.69, 9.17) is 4.74 Å². The van der Waals surface area contributed by atoms with E-state index < -0.39 is 0 Å². The van der Waals surface area contributed by atoms with Crippen LogP contribution in [0.5, 0.6) is 0 Å². The van der Waals surface area contributed by atoms with E-state index in [2.05, 4.69) is 4.98 Å². The topological polar surface area (TPSA) is 42.4 Å². The summed E-state index contributed by atoms with van der Waals surface area (Å²) in [6.07, 6.45) is -0.483. The second kappa shape index (κ2) is 3.98. The fourth-order valence-corrected chi connectivity index (χ4v) is 3.13. The molecule has 1 aromatic rings. The summed E-state index contributed by atoms with van der Waals surface area (Å²) in [5.41, 5.74) is 0.750. The minimum atomic E-state index is -0.247. The molecular weight excluding hydrogens is 236 g/mol. The van der Waals surface area contributed by atoms with Crippen molar-refractivity contribution in [3.8, 4) is 0 Å². The van der Waals surface area contributed by atoms with Gasteiger partial charge in [-0.05, 0) is 34.6 Å². The van der Waals surface area contributed by atoms with E-state index in [9.17, 15) is 4.79 Å². The summed E-state index contributed by atoms with van der Waals surface area (Å²) in [6.45, 7) is 10.0. The van der Waals surface area contributed by atoms with Crippen molar-refractivity contribution >= 4 is 17.4 Å². The van der Waals surface area contributed by atoms with Gasteiger partial charge in [0.1, 0.15) is 5.01 Å². The van der Waals surface area contributed by atoms with Gasteiger partial charge in [-0.25, -0.2) is 9.78 Å². The average Bonchev–Trinajstić information content (AvgIpc) is 2.69. The van der Waals surface area contributed by atoms with E-state index >= 15 is 0 Å². The molecule has 1 aliphatic rings. The van der Waals surface area contributed by atoms with E-state index in [-0.39, 0.29) is 23.8 Å². The van der Waals surface area contributed by atoms with Crippen molar-refractivity contribution in [3.05, 3.63) is 16.1 Å². The summed E-state index contributed by atoms with van der Waals surface area (Å²) < 4.78 is 5.45. The van der Waals surface area contributed by atoms with Crippen molar-refractivity contribution in [2.75, 3.05) is 0 Å². The van der Waals surface area contributed by atoms with Crippen LogP contribution in [-0.4, -0.2) is 27.6 Å². The molecule has 0 unspecified atom stereocenters. The summed E-state index contributed by atoms with van der Waals surface area (Å²) >= 11 is 1.55. The molecule has 0 saturated carbocycles. The van der Waals surface area contributed by atoms with Crippen molar-refractivity contribution in [3.63, 3.8) is 0 Å². The number of rotatable bonds is 1. The number of amides is 1. The Kier molecular flexibility index (Phi) is 2.89. The maximum Gasteiger partial charge on any atom is 0.411 e. The first-order chi connectivity index (χ1) is 7.80. The highest BCUT2D eigenvalue weighted by Crippen LogP contribution is 2.37. The van der Waals surface area contributed by atoms with Crippen molar-refractivity contribution in [2.45, 2.75) is 52.3 Å². The number of carbonyl (C=O) groups excluding carboxylic acids is 1. The van der Waals surface area contributed by atoms with Gasteiger partial charge in [-0.3, -0.25) is 4.90 Å². The molecule has 1 saturated heterocycles. The van der Waals surface area contributed by atoms with Crippen LogP contribution in [0.25, 0.3) is 0 Å². The van der Waals surface area contributed by atoms with Crippen LogP contribution in [0, 0.1) is 6.92 Å². The molecule has 2 rings (SSSR count). The van der Waals surface area contributed by atoms with Gasteiger partial charge in [-0.2, -0.15) is 0 Å². The summed E-state index contributed by atoms with van der Waals surface area (Å²) in [6, 6.07) is 0.0213. The summed E-state index contributed by atoms with van der Waals surface area (Å²) in [4.78, 5) is 18.1. The molecule has 0 N–H and O–H groups in total. The summed E-state index contributed by atoms with van der Waals surface area (Å²) in [7, 11) is 0. The largest absolute Gasteiger partial charge is 0.436 e. The van der Waals surface area contributed by atoms with Crippen LogP contribution >= 0.6 is 11.3 Å². The number of nitrogens with zero attached hydrogens (tertiary/aromatic N) is 2. The molecule has 5 heteroatoms. The summed E-state index contributed by atoms with van der Waals surface area (Å²) in [5, 5.41) is 2.87. The lowest BCUT2D eigenvalue weighted by Crippen LogP contribution is -2.46. The smallest absolute Gasteiger partial charge is 0.411 e. The fraction of sp³-hybridized carbons (Fsp3) is 0.667. The predicted molar refractivity (Wildman–Crippen MR) is 67.1 cm³/mol. The summed E-state index contributed by atoms with van der Waals surface area (Å²) in [5.74, 6) is 0. The monoisotopic (exact) mass is 254 g/mol. The van der Waals surface area contributed by atoms with Crippen LogP contribution in [0.4, 0.5) is 4.79 Å². The molecule has 1 aromatic heterocycles. The molecule has 2 heterocycles. The zero-order chi connectivity index (χ0) is 12.8. The first-order valence-electron chi connectivity index (χ1n) is 5.72. The van der Waals surface area contributed by atoms with E-state index in [1.807, 2.05) is 40.0 Å². The molecule has 0 aliphatic carbocycles. The Morgan fingerprint density at radius 3 is 2.53 bits per heavy atom. The molecule has 1 amide bonds. The Balaban J connectivity index is 2.27. The minimum absolute atomic E-state index is 0.0213. The normalized spacial score (nSPS) is 25.2. The van der Waals surface area contributed by atoms with Crippen LogP contribution in [0.3, 0.4) is 0 Å². The number of cyclic esters (lactones) is 1. The second-order valence-corrected chi connectivity index (χ2v) is 6.30. The lowest BCUT2D eigenvalue weighted by atomic mass is 10.0. The molecule has 94 valence electrons. The Morgan fingerprint density at radius 1 is 1.47 bits per heavy atom. The predicted octanol–water partition coefficient (Wildman–Crippen LogP) is 3.13. The maximum atomic E-state index is 11.9. The molecule has 4 nitrogen and oxygen atoms in total. The van der Waals surface area contributed by atoms with Crippen LogP contribution in [0.2, 0.25) is 0 Å². The number of hydrogen-bond acceptors (Lipinski definition) is 4. The molecular formula is C12H18N2O2S. The number of aromatic nitrogens is 1. The Hall–Kier alpha value is -1.10. The maximum absolute atomic E-state index is 11.9. The SMILES string of the molecule is Cc1csc([C@H]2OC(=O)N(C(C)(C)C)[C@H]2C)n1. The highest BCUT2D eigenvalue weighted by atomic mass is 32.1. The Labute approximate surface area is 106 Å². The van der Waals surface area contributed by atoms with E-state index in [0.29, 0.717) is 0 Å². The third-order valence-corrected chi connectivity index (χ3v) is 3.90. The number of carbonyl (C=O) groups is 1. The van der Waals surface area contributed by atoms with E-state index in [1.54, 1.807) is 16.2 Å². The third kappa shape index (κ3) is 2.16. The molecule has 0 bridgehead atoms. The Bertz CT molecular complexity index is 436. The molecule has 17 heavy (non-hydrogen) atoms. The first kappa shape index (κ1) is 12.4. The van der Waals surface area contributed by atoms with Crippen LogP contribution in [-0.2, 0) is 4.74 Å². The van der Waals surface area contributed by atoms with Crippen molar-refractivity contribution in [1.82, 2.24) is 9.88 Å². The highest BCUT2D eigenvalue weighted by molar-refractivity contribution is 7.09. The van der Waals surface area contributed by atoms with Gasteiger partial charge in [0.25, 0.3) is 0 Å². The fourth-order valence-electron chi connectivity index (χ4n) is 2.21. The third-order valence-electron chi connectivity index (χ3n) is 2.87. The van der Waals surface area contributed by atoms with Gasteiger partial charge < -0.3 is 4.74 Å². The second-order valence-electron chi connectivity index (χ2n) is 5.41. The van der Waals surface area contributed by atoms with Crippen LogP contribution in [0.15, 0.2) is 5.38 Å². The first-order valence-corrected chi connectivity index (χ1v) is 6.60. The van der Waals surface area contributed by atoms with Gasteiger partial charge in [-0.1, -0.05) is 0 Å². The minimum Gasteiger partial charge on any atom is -0.436 e. The number of thiazole rings is 1. The number of aryl methyl sites for hydroxylation is 1. The highest BCUT2D eigenvalue weighted by Gasteiger charge is 2.45. The van der Waals surface area contributed by atoms with Crippen LogP contribution < -0.4 is 0 Å². The zero-order valence-corrected chi connectivity index (χ0v) is 11.7. The lowest BCUT2D eigenvalue weighted by molar-refractivity contribution is 0.119. The quantitative estimate of drug-likeness (QED) is 0.773. The lowest BCUT2D eigenvalue weighted by Gasteiger charge is -2.33. The zero-order valence-electron chi connectivity index (χ0n) is 10.9. The van der Waals surface area contributed by atoms with Gasteiger partial charge >= 0.3 is 6.09 Å². The molecule has 0 spiro atoms. The van der Waals surface area contributed by atoms with Gasteiger partial charge in [0.05, 0.1) is 6.04 Å². The molecule has 1 fully saturated rings. The van der Waals surface area contributed by atoms with Gasteiger partial charge in [-0.15, -0.1) is 11.3 Å².